The van der Waals surface area contributed by atoms with E-state index in [1.54, 1.807) is 12.1 Å². The first kappa shape index (κ1) is 23.2. The predicted molar refractivity (Wildman–Crippen MR) is 120 cm³/mol. The van der Waals surface area contributed by atoms with E-state index in [4.69, 9.17) is 18.9 Å². The summed E-state index contributed by atoms with van der Waals surface area (Å²) in [5, 5.41) is 12.7. The van der Waals surface area contributed by atoms with Crippen LogP contribution in [0.1, 0.15) is 34.4 Å². The van der Waals surface area contributed by atoms with E-state index in [1.165, 1.54) is 44.8 Å². The first-order valence-electron chi connectivity index (χ1n) is 10.00. The minimum absolute atomic E-state index is 0.459. The normalized spacial score (nSPS) is 12.6. The van der Waals surface area contributed by atoms with Gasteiger partial charge in [-0.15, -0.1) is 11.3 Å². The number of nitrogens with zero attached hydrogens (tertiary/aromatic N) is 1. The number of rotatable bonds is 8. The fourth-order valence-corrected chi connectivity index (χ4v) is 4.72. The van der Waals surface area contributed by atoms with Gasteiger partial charge < -0.3 is 24.3 Å². The topological polar surface area (TPSA) is 107 Å². The molecule has 0 atom stereocenters. The van der Waals surface area contributed by atoms with Gasteiger partial charge in [0.1, 0.15) is 16.8 Å². The number of aryl methyl sites for hydroxylation is 1. The van der Waals surface area contributed by atoms with E-state index in [-0.39, 0.29) is 0 Å². The molecule has 1 aliphatic carbocycles. The van der Waals surface area contributed by atoms with Gasteiger partial charge in [0, 0.05) is 22.6 Å². The lowest BCUT2D eigenvalue weighted by Crippen LogP contribution is -2.20. The summed E-state index contributed by atoms with van der Waals surface area (Å²) in [5.74, 6) is 0.268. The third kappa shape index (κ3) is 5.21. The summed E-state index contributed by atoms with van der Waals surface area (Å²) >= 11 is 1.42. The Labute approximate surface area is 190 Å². The number of thiophene rings is 1. The lowest BCUT2D eigenvalue weighted by atomic mass is 9.96. The van der Waals surface area contributed by atoms with Crippen molar-refractivity contribution in [3.8, 4) is 23.3 Å². The molecule has 32 heavy (non-hydrogen) atoms. The molecule has 168 valence electrons. The van der Waals surface area contributed by atoms with Crippen LogP contribution >= 0.6 is 11.3 Å². The van der Waals surface area contributed by atoms with Crippen LogP contribution < -0.4 is 19.5 Å². The summed E-state index contributed by atoms with van der Waals surface area (Å²) in [7, 11) is 4.52. The van der Waals surface area contributed by atoms with Crippen LogP contribution in [0.5, 0.6) is 17.2 Å². The second-order valence-corrected chi connectivity index (χ2v) is 8.07. The molecule has 0 aliphatic heterocycles. The molecule has 1 aromatic heterocycles. The number of carbonyl (C=O) groups is 2. The Morgan fingerprint density at radius 3 is 2.47 bits per heavy atom. The second-order valence-electron chi connectivity index (χ2n) is 6.97. The van der Waals surface area contributed by atoms with Crippen LogP contribution in [0.3, 0.4) is 0 Å². The van der Waals surface area contributed by atoms with Crippen LogP contribution in [0.4, 0.5) is 5.00 Å². The van der Waals surface area contributed by atoms with Gasteiger partial charge in [0.15, 0.2) is 18.1 Å². The Bertz CT molecular complexity index is 1080. The molecule has 0 saturated heterocycles. The van der Waals surface area contributed by atoms with Crippen molar-refractivity contribution in [1.82, 2.24) is 0 Å². The molecule has 0 unspecified atom stereocenters. The summed E-state index contributed by atoms with van der Waals surface area (Å²) in [6.07, 6.45) is 6.60. The molecule has 0 fully saturated rings. The van der Waals surface area contributed by atoms with Crippen molar-refractivity contribution in [2.75, 3.05) is 33.3 Å². The van der Waals surface area contributed by atoms with Crippen molar-refractivity contribution < 1.29 is 28.5 Å². The number of nitriles is 1. The Hall–Kier alpha value is -3.51. The molecule has 9 heteroatoms. The summed E-state index contributed by atoms with van der Waals surface area (Å²) in [6.45, 7) is -0.459. The van der Waals surface area contributed by atoms with E-state index in [9.17, 15) is 14.9 Å². The Kier molecular flexibility index (Phi) is 7.73. The third-order valence-corrected chi connectivity index (χ3v) is 6.22. The molecular weight excluding hydrogens is 432 g/mol. The molecule has 2 aromatic rings. The maximum atomic E-state index is 12.3. The van der Waals surface area contributed by atoms with E-state index in [0.29, 0.717) is 33.4 Å². The van der Waals surface area contributed by atoms with Crippen LogP contribution in [-0.4, -0.2) is 39.8 Å². The molecule has 1 heterocycles. The number of ether oxygens (including phenoxy) is 4. The minimum Gasteiger partial charge on any atom is -0.496 e. The molecule has 0 spiro atoms. The highest BCUT2D eigenvalue weighted by atomic mass is 32.1. The van der Waals surface area contributed by atoms with Gasteiger partial charge in [-0.2, -0.15) is 5.26 Å². The molecule has 0 radical (unpaired) electrons. The average Bonchev–Trinajstić information content (AvgIpc) is 3.17. The average molecular weight is 457 g/mol. The highest BCUT2D eigenvalue weighted by Gasteiger charge is 2.22. The second kappa shape index (κ2) is 10.7. The summed E-state index contributed by atoms with van der Waals surface area (Å²) in [4.78, 5) is 25.5. The Morgan fingerprint density at radius 1 is 1.09 bits per heavy atom. The van der Waals surface area contributed by atoms with E-state index < -0.39 is 18.5 Å². The molecule has 1 aliphatic rings. The van der Waals surface area contributed by atoms with Gasteiger partial charge in [0.25, 0.3) is 5.91 Å². The van der Waals surface area contributed by atoms with Crippen LogP contribution in [0.2, 0.25) is 0 Å². The number of benzene rings is 1. The maximum Gasteiger partial charge on any atom is 0.331 e. The number of hydrogen-bond acceptors (Lipinski definition) is 8. The van der Waals surface area contributed by atoms with Crippen molar-refractivity contribution in [1.29, 1.82) is 5.26 Å². The van der Waals surface area contributed by atoms with Gasteiger partial charge in [-0.25, -0.2) is 4.79 Å². The quantitative estimate of drug-likeness (QED) is 0.476. The van der Waals surface area contributed by atoms with Gasteiger partial charge >= 0.3 is 5.97 Å². The number of methoxy groups -OCH3 is 3. The summed E-state index contributed by atoms with van der Waals surface area (Å²) in [5.41, 5.74) is 2.13. The smallest absolute Gasteiger partial charge is 0.331 e. The number of hydrogen-bond donors (Lipinski definition) is 1. The zero-order valence-corrected chi connectivity index (χ0v) is 19.0. The highest BCUT2D eigenvalue weighted by molar-refractivity contribution is 7.16. The number of esters is 1. The monoisotopic (exact) mass is 456 g/mol. The van der Waals surface area contributed by atoms with Gasteiger partial charge in [-0.05, 0) is 43.4 Å². The van der Waals surface area contributed by atoms with E-state index >= 15 is 0 Å². The van der Waals surface area contributed by atoms with E-state index in [1.807, 2.05) is 0 Å². The summed E-state index contributed by atoms with van der Waals surface area (Å²) < 4.78 is 20.8. The molecule has 1 aromatic carbocycles. The first-order valence-corrected chi connectivity index (χ1v) is 10.8. The number of anilines is 1. The fraction of sp³-hybridized carbons (Fsp3) is 0.348. The number of nitrogens with one attached hydrogen (secondary N) is 1. The zero-order chi connectivity index (χ0) is 23.1. The fourth-order valence-electron chi connectivity index (χ4n) is 3.46. The number of fused-ring (bicyclic) bond motifs is 1. The van der Waals surface area contributed by atoms with Gasteiger partial charge in [0.05, 0.1) is 26.9 Å². The standard InChI is InChI=1S/C23H24N2O6S/c1-28-17-11-19(30-3)18(29-2)10-14(17)8-9-22(27)31-13-21(26)25-23-16(12-24)15-6-4-5-7-20(15)32-23/h8-11H,4-7,13H2,1-3H3,(H,25,26)/b9-8+. The van der Waals surface area contributed by atoms with Crippen LogP contribution in [-0.2, 0) is 27.2 Å². The third-order valence-electron chi connectivity index (χ3n) is 5.02. The molecule has 8 nitrogen and oxygen atoms in total. The Balaban J connectivity index is 1.61. The van der Waals surface area contributed by atoms with Crippen molar-refractivity contribution in [3.63, 3.8) is 0 Å². The minimum atomic E-state index is -0.692. The zero-order valence-electron chi connectivity index (χ0n) is 18.1. The van der Waals surface area contributed by atoms with Crippen molar-refractivity contribution in [3.05, 3.63) is 39.8 Å². The van der Waals surface area contributed by atoms with Crippen molar-refractivity contribution >= 4 is 34.3 Å². The van der Waals surface area contributed by atoms with Gasteiger partial charge in [-0.1, -0.05) is 0 Å². The first-order chi connectivity index (χ1) is 15.5. The van der Waals surface area contributed by atoms with Crippen LogP contribution in [0.25, 0.3) is 6.08 Å². The highest BCUT2D eigenvalue weighted by Crippen LogP contribution is 2.37. The molecule has 3 rings (SSSR count). The predicted octanol–water partition coefficient (Wildman–Crippen LogP) is 3.72. The number of amides is 1. The van der Waals surface area contributed by atoms with Crippen molar-refractivity contribution in [2.45, 2.75) is 25.7 Å². The van der Waals surface area contributed by atoms with Crippen molar-refractivity contribution in [2.24, 2.45) is 0 Å². The lowest BCUT2D eigenvalue weighted by Gasteiger charge is -2.12. The van der Waals surface area contributed by atoms with E-state index in [2.05, 4.69) is 11.4 Å². The van der Waals surface area contributed by atoms with Crippen LogP contribution in [0, 0.1) is 11.3 Å². The van der Waals surface area contributed by atoms with E-state index in [0.717, 1.165) is 36.1 Å². The molecule has 1 N–H and O–H groups in total. The van der Waals surface area contributed by atoms with Crippen LogP contribution in [0.15, 0.2) is 18.2 Å². The molecular formula is C23H24N2O6S. The Morgan fingerprint density at radius 2 is 1.78 bits per heavy atom. The lowest BCUT2D eigenvalue weighted by molar-refractivity contribution is -0.142. The van der Waals surface area contributed by atoms with Gasteiger partial charge in [0.2, 0.25) is 0 Å². The molecule has 0 bridgehead atoms. The summed E-state index contributed by atoms with van der Waals surface area (Å²) in [6, 6.07) is 5.49. The SMILES string of the molecule is COc1cc(OC)c(OC)cc1/C=C/C(=O)OCC(=O)Nc1sc2c(c1C#N)CCCC2. The molecule has 1 amide bonds. The van der Waals surface area contributed by atoms with Gasteiger partial charge in [-0.3, -0.25) is 4.79 Å². The largest absolute Gasteiger partial charge is 0.496 e. The number of carbonyl (C=O) groups excluding carboxylic acids is 2. The maximum absolute atomic E-state index is 12.3. The molecule has 0 saturated carbocycles.